The van der Waals surface area contributed by atoms with Gasteiger partial charge in [-0.2, -0.15) is 0 Å². The first kappa shape index (κ1) is 17.0. The Morgan fingerprint density at radius 3 is 2.36 bits per heavy atom. The van der Waals surface area contributed by atoms with Crippen molar-refractivity contribution in [2.75, 3.05) is 0 Å². The summed E-state index contributed by atoms with van der Waals surface area (Å²) in [5, 5.41) is 0. The molecule has 142 valence electrons. The van der Waals surface area contributed by atoms with Gasteiger partial charge in [-0.15, -0.1) is 0 Å². The molecule has 0 aromatic heterocycles. The molecule has 5 fully saturated rings. The lowest BCUT2D eigenvalue weighted by Gasteiger charge is -2.44. The van der Waals surface area contributed by atoms with Gasteiger partial charge in [0.2, 0.25) is 0 Å². The van der Waals surface area contributed by atoms with Crippen LogP contribution >= 0.6 is 0 Å². The van der Waals surface area contributed by atoms with Crippen molar-refractivity contribution in [1.82, 2.24) is 0 Å². The third-order valence-corrected chi connectivity index (χ3v) is 9.08. The molecule has 2 nitrogen and oxygen atoms in total. The Morgan fingerprint density at radius 1 is 0.800 bits per heavy atom. The van der Waals surface area contributed by atoms with E-state index < -0.39 is 0 Å². The van der Waals surface area contributed by atoms with Gasteiger partial charge in [0.25, 0.3) is 0 Å². The number of fused-ring (bicyclic) bond motifs is 2. The van der Waals surface area contributed by atoms with Gasteiger partial charge in [0.15, 0.2) is 0 Å². The van der Waals surface area contributed by atoms with Crippen LogP contribution < -0.4 is 0 Å². The molecule has 2 aliphatic heterocycles. The Bertz CT molecular complexity index is 512. The van der Waals surface area contributed by atoms with Crippen molar-refractivity contribution in [3.8, 4) is 0 Å². The average molecular weight is 347 g/mol. The lowest BCUT2D eigenvalue weighted by molar-refractivity contribution is 0.0466. The third-order valence-electron chi connectivity index (χ3n) is 9.08. The summed E-state index contributed by atoms with van der Waals surface area (Å²) >= 11 is 0. The van der Waals surface area contributed by atoms with Crippen LogP contribution in [0.2, 0.25) is 0 Å². The second-order valence-corrected chi connectivity index (χ2v) is 10.7. The molecule has 2 heteroatoms. The first-order valence-electron chi connectivity index (χ1n) is 11.4. The summed E-state index contributed by atoms with van der Waals surface area (Å²) in [6.45, 7) is 7.39. The normalized spacial score (nSPS) is 52.0. The van der Waals surface area contributed by atoms with Crippen LogP contribution in [0.4, 0.5) is 0 Å². The first-order chi connectivity index (χ1) is 12.0. The molecular weight excluding hydrogens is 308 g/mol. The summed E-state index contributed by atoms with van der Waals surface area (Å²) < 4.78 is 12.4. The van der Waals surface area contributed by atoms with Crippen molar-refractivity contribution in [1.29, 1.82) is 0 Å². The molecule has 0 spiro atoms. The second kappa shape index (κ2) is 5.96. The summed E-state index contributed by atoms with van der Waals surface area (Å²) in [7, 11) is 0. The molecule has 0 amide bonds. The monoisotopic (exact) mass is 346 g/mol. The summed E-state index contributed by atoms with van der Waals surface area (Å²) in [5.41, 5.74) is 0.473. The Kier molecular flexibility index (Phi) is 4.06. The predicted octanol–water partition coefficient (Wildman–Crippen LogP) is 5.73. The van der Waals surface area contributed by atoms with Crippen LogP contribution in [0, 0.1) is 29.6 Å². The quantitative estimate of drug-likeness (QED) is 0.607. The van der Waals surface area contributed by atoms with Gasteiger partial charge >= 0.3 is 0 Å². The highest BCUT2D eigenvalue weighted by molar-refractivity contribution is 5.11. The van der Waals surface area contributed by atoms with Gasteiger partial charge in [-0.3, -0.25) is 0 Å². The minimum atomic E-state index is 0.232. The Hall–Kier alpha value is -0.0800. The third kappa shape index (κ3) is 2.90. The second-order valence-electron chi connectivity index (χ2n) is 10.7. The zero-order valence-corrected chi connectivity index (χ0v) is 16.6. The van der Waals surface area contributed by atoms with Crippen LogP contribution in [0.5, 0.6) is 0 Å². The number of rotatable bonds is 4. The molecule has 0 bridgehead atoms. The van der Waals surface area contributed by atoms with E-state index in [9.17, 15) is 0 Å². The molecule has 8 unspecified atom stereocenters. The van der Waals surface area contributed by atoms with Gasteiger partial charge < -0.3 is 9.47 Å². The maximum absolute atomic E-state index is 6.32. The number of hydrogen-bond acceptors (Lipinski definition) is 2. The molecule has 5 aliphatic rings. The van der Waals surface area contributed by atoms with Crippen LogP contribution in [0.1, 0.15) is 91.4 Å². The predicted molar refractivity (Wildman–Crippen MR) is 100 cm³/mol. The SMILES string of the molecule is CC(C1CCCCC1)C(C1CCC2OC2(C)C1)C1CCCC2(C)OC12. The number of hydrogen-bond donors (Lipinski definition) is 0. The molecule has 8 atom stereocenters. The molecular formula is C23H38O2. The highest BCUT2D eigenvalue weighted by Crippen LogP contribution is 2.60. The maximum atomic E-state index is 6.32. The lowest BCUT2D eigenvalue weighted by atomic mass is 9.59. The van der Waals surface area contributed by atoms with Crippen LogP contribution in [-0.4, -0.2) is 23.4 Å². The molecule has 5 rings (SSSR count). The van der Waals surface area contributed by atoms with E-state index in [2.05, 4.69) is 20.8 Å². The van der Waals surface area contributed by atoms with Gasteiger partial charge in [0.1, 0.15) is 0 Å². The van der Waals surface area contributed by atoms with Crippen molar-refractivity contribution in [3.63, 3.8) is 0 Å². The van der Waals surface area contributed by atoms with E-state index in [1.165, 1.54) is 70.6 Å². The minimum absolute atomic E-state index is 0.232. The van der Waals surface area contributed by atoms with E-state index in [-0.39, 0.29) is 11.2 Å². The lowest BCUT2D eigenvalue weighted by Crippen LogP contribution is -2.42. The van der Waals surface area contributed by atoms with Gasteiger partial charge in [0.05, 0.1) is 23.4 Å². The summed E-state index contributed by atoms with van der Waals surface area (Å²) in [4.78, 5) is 0. The molecule has 25 heavy (non-hydrogen) atoms. The smallest absolute Gasteiger partial charge is 0.0923 e. The highest BCUT2D eigenvalue weighted by atomic mass is 16.6. The van der Waals surface area contributed by atoms with Crippen molar-refractivity contribution in [2.45, 2.75) is 115 Å². The minimum Gasteiger partial charge on any atom is -0.366 e. The van der Waals surface area contributed by atoms with E-state index in [4.69, 9.17) is 9.47 Å². The average Bonchev–Trinajstić information content (AvgIpc) is 3.48. The number of ether oxygens (including phenoxy) is 2. The van der Waals surface area contributed by atoms with E-state index in [0.717, 1.165) is 29.6 Å². The van der Waals surface area contributed by atoms with Crippen LogP contribution in [-0.2, 0) is 9.47 Å². The Morgan fingerprint density at radius 2 is 1.60 bits per heavy atom. The summed E-state index contributed by atoms with van der Waals surface area (Å²) in [6, 6.07) is 0. The van der Waals surface area contributed by atoms with Gasteiger partial charge in [0, 0.05) is 0 Å². The van der Waals surface area contributed by atoms with Crippen molar-refractivity contribution >= 4 is 0 Å². The van der Waals surface area contributed by atoms with Crippen LogP contribution in [0.25, 0.3) is 0 Å². The topological polar surface area (TPSA) is 25.1 Å². The Balaban J connectivity index is 1.39. The fourth-order valence-electron chi connectivity index (χ4n) is 7.53. The van der Waals surface area contributed by atoms with E-state index in [1.807, 2.05) is 0 Å². The van der Waals surface area contributed by atoms with Crippen LogP contribution in [0.3, 0.4) is 0 Å². The molecule has 0 N–H and O–H groups in total. The molecule has 2 heterocycles. The van der Waals surface area contributed by atoms with Crippen molar-refractivity contribution in [3.05, 3.63) is 0 Å². The molecule has 0 radical (unpaired) electrons. The molecule has 0 aromatic carbocycles. The zero-order chi connectivity index (χ0) is 17.2. The molecule has 0 aromatic rings. The van der Waals surface area contributed by atoms with Gasteiger partial charge in [-0.05, 0) is 75.5 Å². The van der Waals surface area contributed by atoms with Gasteiger partial charge in [-0.1, -0.05) is 45.4 Å². The fraction of sp³-hybridized carbons (Fsp3) is 1.00. The van der Waals surface area contributed by atoms with Crippen molar-refractivity contribution < 1.29 is 9.47 Å². The zero-order valence-electron chi connectivity index (χ0n) is 16.6. The molecule has 2 saturated heterocycles. The first-order valence-corrected chi connectivity index (χ1v) is 11.4. The maximum Gasteiger partial charge on any atom is 0.0923 e. The summed E-state index contributed by atoms with van der Waals surface area (Å²) in [6.07, 6.45) is 16.7. The summed E-state index contributed by atoms with van der Waals surface area (Å²) in [5.74, 6) is 4.41. The van der Waals surface area contributed by atoms with Gasteiger partial charge in [-0.25, -0.2) is 0 Å². The van der Waals surface area contributed by atoms with E-state index >= 15 is 0 Å². The largest absolute Gasteiger partial charge is 0.366 e. The standard InChI is InChI=1S/C23H38O2/c1-15(16-8-5-4-6-9-16)20(17-11-12-19-23(3,14-17)24-19)18-10-7-13-22(2)21(18)25-22/h15-21H,4-14H2,1-3H3. The molecule has 3 aliphatic carbocycles. The fourth-order valence-corrected chi connectivity index (χ4v) is 7.53. The van der Waals surface area contributed by atoms with Crippen LogP contribution in [0.15, 0.2) is 0 Å². The highest BCUT2D eigenvalue weighted by Gasteiger charge is 2.63. The Labute approximate surface area is 154 Å². The molecule has 3 saturated carbocycles. The number of epoxide rings is 2. The van der Waals surface area contributed by atoms with E-state index in [0.29, 0.717) is 12.2 Å². The van der Waals surface area contributed by atoms with Crippen molar-refractivity contribution in [2.24, 2.45) is 29.6 Å². The van der Waals surface area contributed by atoms with E-state index in [1.54, 1.807) is 0 Å².